The van der Waals surface area contributed by atoms with Crippen LogP contribution >= 0.6 is 15.9 Å². The lowest BCUT2D eigenvalue weighted by Crippen LogP contribution is -2.40. The highest BCUT2D eigenvalue weighted by atomic mass is 79.9. The van der Waals surface area contributed by atoms with E-state index in [1.54, 1.807) is 0 Å². The van der Waals surface area contributed by atoms with Crippen molar-refractivity contribution in [3.05, 3.63) is 28.2 Å². The fourth-order valence-electron chi connectivity index (χ4n) is 2.82. The number of hydrogen-bond donors (Lipinski definition) is 0. The Morgan fingerprint density at radius 2 is 2.00 bits per heavy atom. The van der Waals surface area contributed by atoms with Crippen LogP contribution in [0.25, 0.3) is 0 Å². The van der Waals surface area contributed by atoms with Crippen LogP contribution < -0.4 is 4.90 Å². The van der Waals surface area contributed by atoms with E-state index in [9.17, 15) is 4.79 Å². The first-order valence-electron chi connectivity index (χ1n) is 7.41. The number of amides is 1. The quantitative estimate of drug-likeness (QED) is 0.762. The molecule has 0 fully saturated rings. The van der Waals surface area contributed by atoms with Gasteiger partial charge in [0.1, 0.15) is 0 Å². The summed E-state index contributed by atoms with van der Waals surface area (Å²) < 4.78 is 6.43. The van der Waals surface area contributed by atoms with Gasteiger partial charge < -0.3 is 4.74 Å². The molecule has 0 radical (unpaired) electrons. The number of fused-ring (bicyclic) bond motifs is 1. The summed E-state index contributed by atoms with van der Waals surface area (Å²) in [6, 6.07) is 6.36. The molecule has 1 aromatic rings. The van der Waals surface area contributed by atoms with Crippen molar-refractivity contribution in [2.45, 2.75) is 52.0 Å². The van der Waals surface area contributed by atoms with Crippen LogP contribution in [0, 0.1) is 0 Å². The summed E-state index contributed by atoms with van der Waals surface area (Å²) in [7, 11) is 0. The number of hydrogen-bond acceptors (Lipinski definition) is 2. The zero-order chi connectivity index (χ0) is 14.5. The summed E-state index contributed by atoms with van der Waals surface area (Å²) in [5, 5.41) is 0. The second-order valence-electron chi connectivity index (χ2n) is 5.24. The Kier molecular flexibility index (Phi) is 5.46. The fraction of sp³-hybridized carbons (Fsp3) is 0.562. The molecule has 0 atom stereocenters. The summed E-state index contributed by atoms with van der Waals surface area (Å²) in [6.07, 6.45) is 4.75. The molecular weight excluding hydrogens is 318 g/mol. The minimum atomic E-state index is -0.196. The molecule has 0 saturated carbocycles. The summed E-state index contributed by atoms with van der Waals surface area (Å²) >= 11 is 3.51. The number of rotatable bonds is 5. The first-order chi connectivity index (χ1) is 9.67. The number of cyclic esters (lactones) is 1. The maximum atomic E-state index is 12.3. The van der Waals surface area contributed by atoms with Crippen LogP contribution in [-0.4, -0.2) is 18.7 Å². The zero-order valence-corrected chi connectivity index (χ0v) is 13.8. The van der Waals surface area contributed by atoms with E-state index >= 15 is 0 Å². The molecule has 1 aliphatic heterocycles. The van der Waals surface area contributed by atoms with Gasteiger partial charge in [0.15, 0.2) is 0 Å². The van der Waals surface area contributed by atoms with Crippen molar-refractivity contribution in [3.63, 3.8) is 0 Å². The van der Waals surface area contributed by atoms with Crippen molar-refractivity contribution in [1.29, 1.82) is 0 Å². The van der Waals surface area contributed by atoms with Crippen molar-refractivity contribution in [2.24, 2.45) is 0 Å². The van der Waals surface area contributed by atoms with Crippen LogP contribution in [0.15, 0.2) is 22.7 Å². The van der Waals surface area contributed by atoms with Crippen molar-refractivity contribution in [1.82, 2.24) is 0 Å². The molecule has 0 saturated heterocycles. The third kappa shape index (κ3) is 3.35. The zero-order valence-electron chi connectivity index (χ0n) is 12.2. The number of carbonyl (C=O) groups is 1. The highest BCUT2D eigenvalue weighted by Crippen LogP contribution is 2.31. The molecule has 0 unspecified atom stereocenters. The number of halogens is 1. The van der Waals surface area contributed by atoms with Gasteiger partial charge >= 0.3 is 6.09 Å². The minimum Gasteiger partial charge on any atom is -0.449 e. The van der Waals surface area contributed by atoms with E-state index in [1.165, 1.54) is 5.56 Å². The van der Waals surface area contributed by atoms with Gasteiger partial charge in [-0.2, -0.15) is 0 Å². The van der Waals surface area contributed by atoms with E-state index in [2.05, 4.69) is 35.8 Å². The molecule has 20 heavy (non-hydrogen) atoms. The van der Waals surface area contributed by atoms with Crippen LogP contribution in [0.5, 0.6) is 0 Å². The van der Waals surface area contributed by atoms with Crippen molar-refractivity contribution in [2.75, 3.05) is 11.5 Å². The molecular formula is C16H22BrNO2. The second-order valence-corrected chi connectivity index (χ2v) is 6.15. The smallest absolute Gasteiger partial charge is 0.414 e. The Hall–Kier alpha value is -1.03. The molecule has 1 aromatic carbocycles. The van der Waals surface area contributed by atoms with E-state index in [1.807, 2.05) is 17.0 Å². The summed E-state index contributed by atoms with van der Waals surface area (Å²) in [6.45, 7) is 4.78. The average Bonchev–Trinajstić information content (AvgIpc) is 2.57. The van der Waals surface area contributed by atoms with E-state index in [0.29, 0.717) is 6.61 Å². The van der Waals surface area contributed by atoms with E-state index in [0.717, 1.165) is 42.3 Å². The maximum Gasteiger partial charge on any atom is 0.414 e. The predicted molar refractivity (Wildman–Crippen MR) is 85.3 cm³/mol. The highest BCUT2D eigenvalue weighted by molar-refractivity contribution is 9.10. The molecule has 4 heteroatoms. The maximum absolute atomic E-state index is 12.3. The largest absolute Gasteiger partial charge is 0.449 e. The van der Waals surface area contributed by atoms with E-state index < -0.39 is 0 Å². The third-order valence-corrected chi connectivity index (χ3v) is 4.20. The lowest BCUT2D eigenvalue weighted by molar-refractivity contribution is 0.154. The van der Waals surface area contributed by atoms with Gasteiger partial charge in [-0.15, -0.1) is 0 Å². The molecule has 3 nitrogen and oxygen atoms in total. The van der Waals surface area contributed by atoms with Gasteiger partial charge in [-0.25, -0.2) is 4.79 Å². The number of anilines is 1. The summed E-state index contributed by atoms with van der Waals surface area (Å²) in [5.74, 6) is 0. The molecule has 1 amide bonds. The Balaban J connectivity index is 2.40. The van der Waals surface area contributed by atoms with Gasteiger partial charge in [0.25, 0.3) is 0 Å². The van der Waals surface area contributed by atoms with Crippen LogP contribution in [0.3, 0.4) is 0 Å². The summed E-state index contributed by atoms with van der Waals surface area (Å²) in [4.78, 5) is 14.2. The van der Waals surface area contributed by atoms with E-state index in [-0.39, 0.29) is 12.1 Å². The van der Waals surface area contributed by atoms with Crippen molar-refractivity contribution >= 4 is 27.7 Å². The monoisotopic (exact) mass is 339 g/mol. The Bertz CT molecular complexity index is 470. The topological polar surface area (TPSA) is 29.5 Å². The van der Waals surface area contributed by atoms with Crippen LogP contribution in [0.2, 0.25) is 0 Å². The van der Waals surface area contributed by atoms with Gasteiger partial charge in [-0.1, -0.05) is 42.6 Å². The molecule has 0 spiro atoms. The van der Waals surface area contributed by atoms with Crippen LogP contribution in [-0.2, 0) is 11.2 Å². The molecule has 0 N–H and O–H groups in total. The van der Waals surface area contributed by atoms with Crippen LogP contribution in [0.4, 0.5) is 10.5 Å². The fourth-order valence-corrected chi connectivity index (χ4v) is 3.23. The Labute approximate surface area is 129 Å². The standard InChI is InChI=1S/C16H22BrNO2/c1-3-5-14(6-4-2)18-15-8-7-13(17)11-12(15)9-10-20-16(18)19/h7-8,11,14H,3-6,9-10H2,1-2H3. The first-order valence-corrected chi connectivity index (χ1v) is 8.21. The van der Waals surface area contributed by atoms with Gasteiger partial charge in [0.05, 0.1) is 12.3 Å². The van der Waals surface area contributed by atoms with E-state index in [4.69, 9.17) is 4.74 Å². The Morgan fingerprint density at radius 1 is 1.30 bits per heavy atom. The highest BCUT2D eigenvalue weighted by Gasteiger charge is 2.29. The molecule has 1 aliphatic rings. The molecule has 2 rings (SSSR count). The van der Waals surface area contributed by atoms with Crippen molar-refractivity contribution < 1.29 is 9.53 Å². The molecule has 110 valence electrons. The Morgan fingerprint density at radius 3 is 2.65 bits per heavy atom. The number of nitrogens with zero attached hydrogens (tertiary/aromatic N) is 1. The first kappa shape index (κ1) is 15.4. The second kappa shape index (κ2) is 7.11. The molecule has 1 heterocycles. The number of ether oxygens (including phenoxy) is 1. The summed E-state index contributed by atoms with van der Waals surface area (Å²) in [5.41, 5.74) is 2.20. The molecule has 0 bridgehead atoms. The average molecular weight is 340 g/mol. The van der Waals surface area contributed by atoms with Gasteiger partial charge in [-0.05, 0) is 36.6 Å². The van der Waals surface area contributed by atoms with Crippen molar-refractivity contribution in [3.8, 4) is 0 Å². The van der Waals surface area contributed by atoms with Gasteiger partial charge in [0.2, 0.25) is 0 Å². The SMILES string of the molecule is CCCC(CCC)N1C(=O)OCCc2cc(Br)ccc21. The third-order valence-electron chi connectivity index (χ3n) is 3.70. The molecule has 0 aromatic heterocycles. The lowest BCUT2D eigenvalue weighted by atomic mass is 10.0. The van der Waals surface area contributed by atoms with Gasteiger partial charge in [0, 0.05) is 16.9 Å². The molecule has 0 aliphatic carbocycles. The normalized spacial score (nSPS) is 15.0. The lowest BCUT2D eigenvalue weighted by Gasteiger charge is -2.30. The number of carbonyl (C=O) groups excluding carboxylic acids is 1. The minimum absolute atomic E-state index is 0.196. The van der Waals surface area contributed by atoms with Gasteiger partial charge in [-0.3, -0.25) is 4.90 Å². The number of benzene rings is 1. The predicted octanol–water partition coefficient (Wildman–Crippen LogP) is 4.92. The van der Waals surface area contributed by atoms with Crippen LogP contribution in [0.1, 0.15) is 45.1 Å².